The number of carbonyl (C=O) groups excluding carboxylic acids is 1. The first-order valence-electron chi connectivity index (χ1n) is 6.37. The van der Waals surface area contributed by atoms with Crippen LogP contribution in [0.5, 0.6) is 0 Å². The fraction of sp³-hybridized carbons (Fsp3) is 0.154. The van der Waals surface area contributed by atoms with Crippen LogP contribution >= 0.6 is 11.3 Å². The zero-order chi connectivity index (χ0) is 16.8. The SMILES string of the molecule is CN1C(=O)N(Cc2cscn2)S(=O)(=O)c2cc(C(=O)O)ccc21. The maximum Gasteiger partial charge on any atom is 0.338 e. The molecule has 10 heteroatoms. The molecule has 23 heavy (non-hydrogen) atoms. The molecule has 2 heterocycles. The number of carboxylic acids is 1. The summed E-state index contributed by atoms with van der Waals surface area (Å²) < 4.78 is 26.1. The number of fused-ring (bicyclic) bond motifs is 1. The molecule has 1 N–H and O–H groups in total. The fourth-order valence-electron chi connectivity index (χ4n) is 2.24. The lowest BCUT2D eigenvalue weighted by Crippen LogP contribution is -2.48. The van der Waals surface area contributed by atoms with Gasteiger partial charge >= 0.3 is 12.0 Å². The number of hydrogen-bond acceptors (Lipinski definition) is 6. The van der Waals surface area contributed by atoms with Gasteiger partial charge in [0, 0.05) is 12.4 Å². The number of rotatable bonds is 3. The molecule has 0 saturated carbocycles. The molecule has 0 atom stereocenters. The first kappa shape index (κ1) is 15.4. The Labute approximate surface area is 135 Å². The lowest BCUT2D eigenvalue weighted by atomic mass is 10.2. The highest BCUT2D eigenvalue weighted by Crippen LogP contribution is 2.35. The van der Waals surface area contributed by atoms with Crippen molar-refractivity contribution in [1.82, 2.24) is 9.29 Å². The Morgan fingerprint density at radius 1 is 1.39 bits per heavy atom. The van der Waals surface area contributed by atoms with E-state index in [2.05, 4.69) is 4.98 Å². The average molecular weight is 353 g/mol. The van der Waals surface area contributed by atoms with Gasteiger partial charge < -0.3 is 5.11 Å². The van der Waals surface area contributed by atoms with Crippen LogP contribution in [0.4, 0.5) is 10.5 Å². The Kier molecular flexibility index (Phi) is 3.57. The van der Waals surface area contributed by atoms with E-state index in [1.165, 1.54) is 40.9 Å². The first-order chi connectivity index (χ1) is 10.8. The number of benzene rings is 1. The van der Waals surface area contributed by atoms with Crippen molar-refractivity contribution in [3.63, 3.8) is 0 Å². The van der Waals surface area contributed by atoms with Crippen LogP contribution < -0.4 is 4.90 Å². The lowest BCUT2D eigenvalue weighted by molar-refractivity contribution is 0.0696. The molecule has 3 rings (SSSR count). The monoisotopic (exact) mass is 353 g/mol. The standard InChI is InChI=1S/C13H11N3O5S2/c1-15-10-3-2-8(12(17)18)4-11(10)23(20,21)16(13(15)19)5-9-6-22-7-14-9/h2-4,6-7H,5H2,1H3,(H,17,18). The zero-order valence-corrected chi connectivity index (χ0v) is 13.5. The van der Waals surface area contributed by atoms with Crippen molar-refractivity contribution in [2.24, 2.45) is 0 Å². The minimum atomic E-state index is -4.15. The number of anilines is 1. The summed E-state index contributed by atoms with van der Waals surface area (Å²) in [5, 5.41) is 10.7. The van der Waals surface area contributed by atoms with Gasteiger partial charge in [-0.3, -0.25) is 4.90 Å². The number of sulfonamides is 1. The summed E-state index contributed by atoms with van der Waals surface area (Å²) in [5.74, 6) is -1.24. The highest BCUT2D eigenvalue weighted by molar-refractivity contribution is 7.90. The highest BCUT2D eigenvalue weighted by atomic mass is 32.2. The van der Waals surface area contributed by atoms with E-state index < -0.39 is 22.0 Å². The molecule has 1 aliphatic rings. The van der Waals surface area contributed by atoms with Crippen LogP contribution in [0.15, 0.2) is 34.0 Å². The third-order valence-electron chi connectivity index (χ3n) is 3.43. The van der Waals surface area contributed by atoms with Crippen molar-refractivity contribution >= 4 is 39.0 Å². The molecule has 0 bridgehead atoms. The summed E-state index contributed by atoms with van der Waals surface area (Å²) in [6, 6.07) is 2.92. The molecule has 2 aromatic rings. The molecule has 0 radical (unpaired) electrons. The third-order valence-corrected chi connectivity index (χ3v) is 5.81. The Balaban J connectivity index is 2.14. The Hall–Kier alpha value is -2.46. The second-order valence-corrected chi connectivity index (χ2v) is 7.37. The van der Waals surface area contributed by atoms with Gasteiger partial charge in [0.15, 0.2) is 0 Å². The van der Waals surface area contributed by atoms with Gasteiger partial charge in [0.1, 0.15) is 4.90 Å². The molecule has 0 spiro atoms. The summed E-state index contributed by atoms with van der Waals surface area (Å²) in [4.78, 5) is 28.4. The second kappa shape index (κ2) is 5.32. The molecule has 0 fully saturated rings. The van der Waals surface area contributed by atoms with Crippen LogP contribution in [0.3, 0.4) is 0 Å². The third kappa shape index (κ3) is 2.45. The van der Waals surface area contributed by atoms with Gasteiger partial charge in [0.2, 0.25) is 0 Å². The van der Waals surface area contributed by atoms with Crippen LogP contribution in [0.25, 0.3) is 0 Å². The molecular weight excluding hydrogens is 342 g/mol. The van der Waals surface area contributed by atoms with Gasteiger partial charge in [-0.25, -0.2) is 27.3 Å². The van der Waals surface area contributed by atoms with E-state index in [0.29, 0.717) is 10.00 Å². The second-order valence-electron chi connectivity index (χ2n) is 4.82. The minimum Gasteiger partial charge on any atom is -0.478 e. The van der Waals surface area contributed by atoms with E-state index in [0.717, 1.165) is 6.07 Å². The van der Waals surface area contributed by atoms with E-state index in [1.807, 2.05) is 0 Å². The van der Waals surface area contributed by atoms with Crippen molar-refractivity contribution in [2.75, 3.05) is 11.9 Å². The Bertz CT molecular complexity index is 892. The Morgan fingerprint density at radius 2 is 2.13 bits per heavy atom. The van der Waals surface area contributed by atoms with Crippen molar-refractivity contribution in [1.29, 1.82) is 0 Å². The molecule has 1 aliphatic heterocycles. The molecule has 2 amide bonds. The van der Waals surface area contributed by atoms with Crippen LogP contribution in [-0.4, -0.2) is 41.9 Å². The highest BCUT2D eigenvalue weighted by Gasteiger charge is 2.40. The summed E-state index contributed by atoms with van der Waals surface area (Å²) in [7, 11) is -2.72. The summed E-state index contributed by atoms with van der Waals surface area (Å²) in [5.41, 5.74) is 1.97. The Morgan fingerprint density at radius 3 is 2.74 bits per heavy atom. The van der Waals surface area contributed by atoms with E-state index in [4.69, 9.17) is 5.11 Å². The molecule has 0 aliphatic carbocycles. The van der Waals surface area contributed by atoms with Crippen molar-refractivity contribution < 1.29 is 23.1 Å². The quantitative estimate of drug-likeness (QED) is 0.898. The largest absolute Gasteiger partial charge is 0.478 e. The number of aromatic carboxylic acids is 1. The van der Waals surface area contributed by atoms with Crippen molar-refractivity contribution in [3.05, 3.63) is 40.3 Å². The predicted octanol–water partition coefficient (Wildman–Crippen LogP) is 1.60. The van der Waals surface area contributed by atoms with E-state index in [1.54, 1.807) is 5.38 Å². The van der Waals surface area contributed by atoms with Gasteiger partial charge in [-0.15, -0.1) is 11.3 Å². The molecular formula is C13H11N3O5S2. The van der Waals surface area contributed by atoms with Crippen LogP contribution in [-0.2, 0) is 16.6 Å². The van der Waals surface area contributed by atoms with Crippen molar-refractivity contribution in [3.8, 4) is 0 Å². The molecule has 120 valence electrons. The number of hydrogen-bond donors (Lipinski definition) is 1. The van der Waals surface area contributed by atoms with Crippen LogP contribution in [0.1, 0.15) is 16.1 Å². The van der Waals surface area contributed by atoms with Crippen LogP contribution in [0, 0.1) is 0 Å². The van der Waals surface area contributed by atoms with E-state index in [-0.39, 0.29) is 22.7 Å². The normalized spacial score (nSPS) is 16.3. The van der Waals surface area contributed by atoms with Gasteiger partial charge in [0.05, 0.1) is 29.0 Å². The van der Waals surface area contributed by atoms with Gasteiger partial charge in [-0.1, -0.05) is 0 Å². The predicted molar refractivity (Wildman–Crippen MR) is 82.0 cm³/mol. The maximum atomic E-state index is 12.7. The number of carbonyl (C=O) groups is 2. The fourth-order valence-corrected chi connectivity index (χ4v) is 4.40. The van der Waals surface area contributed by atoms with Gasteiger partial charge in [0.25, 0.3) is 10.0 Å². The molecule has 1 aromatic carbocycles. The summed E-state index contributed by atoms with van der Waals surface area (Å²) in [6.07, 6.45) is 0. The summed E-state index contributed by atoms with van der Waals surface area (Å²) in [6.45, 7) is -0.203. The molecule has 0 saturated heterocycles. The van der Waals surface area contributed by atoms with Gasteiger partial charge in [-0.2, -0.15) is 0 Å². The number of nitrogens with zero attached hydrogens (tertiary/aromatic N) is 3. The van der Waals surface area contributed by atoms with Gasteiger partial charge in [-0.05, 0) is 18.2 Å². The maximum absolute atomic E-state index is 12.7. The minimum absolute atomic E-state index is 0.148. The number of carboxylic acid groups (broad SMARTS) is 1. The smallest absolute Gasteiger partial charge is 0.338 e. The number of thiazole rings is 1. The first-order valence-corrected chi connectivity index (χ1v) is 8.75. The number of urea groups is 1. The van der Waals surface area contributed by atoms with E-state index >= 15 is 0 Å². The lowest BCUT2D eigenvalue weighted by Gasteiger charge is -2.33. The molecule has 1 aromatic heterocycles. The molecule has 0 unspecified atom stereocenters. The number of amides is 2. The molecule has 8 nitrogen and oxygen atoms in total. The van der Waals surface area contributed by atoms with Crippen LogP contribution in [0.2, 0.25) is 0 Å². The van der Waals surface area contributed by atoms with Crippen molar-refractivity contribution in [2.45, 2.75) is 11.4 Å². The zero-order valence-electron chi connectivity index (χ0n) is 11.8. The number of aromatic nitrogens is 1. The van der Waals surface area contributed by atoms with E-state index in [9.17, 15) is 18.0 Å². The average Bonchev–Trinajstić information content (AvgIpc) is 3.02. The topological polar surface area (TPSA) is 108 Å². The summed E-state index contributed by atoms with van der Waals surface area (Å²) >= 11 is 1.29.